The number of halogens is 1. The highest BCUT2D eigenvalue weighted by molar-refractivity contribution is 9.10. The molecule has 0 aliphatic carbocycles. The molecule has 1 atom stereocenters. The van der Waals surface area contributed by atoms with Crippen molar-refractivity contribution < 1.29 is 12.9 Å². The number of hydrogen-bond donors (Lipinski definition) is 1. The SMILES string of the molecule is Nc1cc(Br)ccc1-c1nc(C2CCS(=O)(=O)C2)no1. The Morgan fingerprint density at radius 3 is 2.85 bits per heavy atom. The van der Waals surface area contributed by atoms with Gasteiger partial charge in [-0.3, -0.25) is 0 Å². The molecule has 106 valence electrons. The zero-order chi connectivity index (χ0) is 14.3. The maximum Gasteiger partial charge on any atom is 0.260 e. The molecule has 0 bridgehead atoms. The second-order valence-corrected chi connectivity index (χ2v) is 7.93. The molecular formula is C12H12BrN3O3S. The summed E-state index contributed by atoms with van der Waals surface area (Å²) >= 11 is 3.33. The molecule has 20 heavy (non-hydrogen) atoms. The number of anilines is 1. The van der Waals surface area contributed by atoms with E-state index in [1.165, 1.54) is 0 Å². The Morgan fingerprint density at radius 1 is 1.40 bits per heavy atom. The lowest BCUT2D eigenvalue weighted by Gasteiger charge is -2.01. The Balaban J connectivity index is 1.91. The molecule has 1 fully saturated rings. The monoisotopic (exact) mass is 357 g/mol. The average Bonchev–Trinajstić information content (AvgIpc) is 2.95. The van der Waals surface area contributed by atoms with E-state index in [-0.39, 0.29) is 17.4 Å². The minimum atomic E-state index is -2.97. The molecular weight excluding hydrogens is 346 g/mol. The summed E-state index contributed by atoms with van der Waals surface area (Å²) in [5.74, 6) is 0.830. The van der Waals surface area contributed by atoms with E-state index < -0.39 is 9.84 Å². The Morgan fingerprint density at radius 2 is 2.20 bits per heavy atom. The van der Waals surface area contributed by atoms with E-state index in [2.05, 4.69) is 26.1 Å². The maximum atomic E-state index is 11.5. The van der Waals surface area contributed by atoms with Gasteiger partial charge >= 0.3 is 0 Å². The third-order valence-corrected chi connectivity index (χ3v) is 5.54. The van der Waals surface area contributed by atoms with Gasteiger partial charge in [0, 0.05) is 16.1 Å². The van der Waals surface area contributed by atoms with Gasteiger partial charge in [-0.1, -0.05) is 21.1 Å². The summed E-state index contributed by atoms with van der Waals surface area (Å²) in [5.41, 5.74) is 7.07. The maximum absolute atomic E-state index is 11.5. The number of nitrogen functional groups attached to an aromatic ring is 1. The van der Waals surface area contributed by atoms with Gasteiger partial charge in [0.1, 0.15) is 0 Å². The van der Waals surface area contributed by atoms with Crippen molar-refractivity contribution in [3.05, 3.63) is 28.5 Å². The molecule has 1 aromatic carbocycles. The smallest absolute Gasteiger partial charge is 0.260 e. The molecule has 1 aliphatic rings. The summed E-state index contributed by atoms with van der Waals surface area (Å²) in [6.45, 7) is 0. The first kappa shape index (κ1) is 13.6. The molecule has 2 aromatic rings. The van der Waals surface area contributed by atoms with Crippen LogP contribution in [-0.2, 0) is 9.84 Å². The van der Waals surface area contributed by atoms with Gasteiger partial charge in [-0.05, 0) is 24.6 Å². The fourth-order valence-electron chi connectivity index (χ4n) is 2.24. The molecule has 2 heterocycles. The molecule has 1 saturated heterocycles. The zero-order valence-electron chi connectivity index (χ0n) is 10.4. The van der Waals surface area contributed by atoms with Gasteiger partial charge < -0.3 is 10.3 Å². The van der Waals surface area contributed by atoms with Crippen LogP contribution in [0.25, 0.3) is 11.5 Å². The van der Waals surface area contributed by atoms with Crippen LogP contribution in [0.1, 0.15) is 18.2 Å². The first-order chi connectivity index (χ1) is 9.44. The zero-order valence-corrected chi connectivity index (χ0v) is 12.8. The minimum absolute atomic E-state index is 0.0851. The molecule has 3 rings (SSSR count). The summed E-state index contributed by atoms with van der Waals surface area (Å²) in [4.78, 5) is 4.28. The Labute approximate surface area is 124 Å². The van der Waals surface area contributed by atoms with Crippen molar-refractivity contribution in [2.75, 3.05) is 17.2 Å². The van der Waals surface area contributed by atoms with Crippen molar-refractivity contribution >= 4 is 31.5 Å². The van der Waals surface area contributed by atoms with Crippen LogP contribution in [0.3, 0.4) is 0 Å². The first-order valence-electron chi connectivity index (χ1n) is 6.04. The van der Waals surface area contributed by atoms with E-state index in [4.69, 9.17) is 10.3 Å². The third-order valence-electron chi connectivity index (χ3n) is 3.28. The van der Waals surface area contributed by atoms with Crippen LogP contribution in [0.4, 0.5) is 5.69 Å². The molecule has 0 amide bonds. The summed E-state index contributed by atoms with van der Waals surface area (Å²) in [7, 11) is -2.97. The van der Waals surface area contributed by atoms with Crippen LogP contribution < -0.4 is 5.73 Å². The second-order valence-electron chi connectivity index (χ2n) is 4.79. The largest absolute Gasteiger partial charge is 0.398 e. The van der Waals surface area contributed by atoms with Crippen LogP contribution in [0, 0.1) is 0 Å². The normalized spacial score (nSPS) is 21.1. The number of aromatic nitrogens is 2. The Hall–Kier alpha value is -1.41. The van der Waals surface area contributed by atoms with Gasteiger partial charge in [-0.25, -0.2) is 8.42 Å². The molecule has 6 nitrogen and oxygen atoms in total. The number of hydrogen-bond acceptors (Lipinski definition) is 6. The molecule has 1 aliphatic heterocycles. The lowest BCUT2D eigenvalue weighted by atomic mass is 10.1. The van der Waals surface area contributed by atoms with Gasteiger partial charge in [-0.2, -0.15) is 4.98 Å². The standard InChI is InChI=1S/C12H12BrN3O3S/c13-8-1-2-9(10(14)5-8)12-15-11(16-19-12)7-3-4-20(17,18)6-7/h1-2,5,7H,3-4,6,14H2. The predicted molar refractivity (Wildman–Crippen MR) is 77.9 cm³/mol. The Kier molecular flexibility index (Phi) is 3.29. The van der Waals surface area contributed by atoms with E-state index in [0.29, 0.717) is 29.4 Å². The van der Waals surface area contributed by atoms with Crippen LogP contribution >= 0.6 is 15.9 Å². The van der Waals surface area contributed by atoms with E-state index >= 15 is 0 Å². The van der Waals surface area contributed by atoms with Crippen LogP contribution in [0.15, 0.2) is 27.2 Å². The molecule has 1 aromatic heterocycles. The van der Waals surface area contributed by atoms with E-state index in [9.17, 15) is 8.42 Å². The summed E-state index contributed by atoms with van der Waals surface area (Å²) in [6.07, 6.45) is 0.539. The van der Waals surface area contributed by atoms with Crippen LogP contribution in [0.5, 0.6) is 0 Å². The topological polar surface area (TPSA) is 99.1 Å². The molecule has 8 heteroatoms. The van der Waals surface area contributed by atoms with Crippen molar-refractivity contribution in [3.63, 3.8) is 0 Å². The number of nitrogens with zero attached hydrogens (tertiary/aromatic N) is 2. The summed E-state index contributed by atoms with van der Waals surface area (Å²) in [6, 6.07) is 5.36. The molecule has 0 spiro atoms. The fourth-order valence-corrected chi connectivity index (χ4v) is 4.35. The summed E-state index contributed by atoms with van der Waals surface area (Å²) in [5, 5.41) is 3.89. The predicted octanol–water partition coefficient (Wildman–Crippen LogP) is 1.98. The average molecular weight is 358 g/mol. The Bertz CT molecular complexity index is 757. The van der Waals surface area contributed by atoms with E-state index in [0.717, 1.165) is 4.47 Å². The minimum Gasteiger partial charge on any atom is -0.398 e. The molecule has 2 N–H and O–H groups in total. The number of nitrogens with two attached hydrogens (primary N) is 1. The van der Waals surface area contributed by atoms with Crippen molar-refractivity contribution in [1.82, 2.24) is 10.1 Å². The van der Waals surface area contributed by atoms with Crippen molar-refractivity contribution in [1.29, 1.82) is 0 Å². The molecule has 0 radical (unpaired) electrons. The number of benzene rings is 1. The van der Waals surface area contributed by atoms with Gasteiger partial charge in [0.15, 0.2) is 15.7 Å². The van der Waals surface area contributed by atoms with Crippen molar-refractivity contribution in [2.45, 2.75) is 12.3 Å². The molecule has 1 unspecified atom stereocenters. The summed E-state index contributed by atoms with van der Waals surface area (Å²) < 4.78 is 29.0. The van der Waals surface area contributed by atoms with Crippen LogP contribution in [-0.4, -0.2) is 30.1 Å². The lowest BCUT2D eigenvalue weighted by Crippen LogP contribution is -2.05. The van der Waals surface area contributed by atoms with Gasteiger partial charge in [0.05, 0.1) is 17.1 Å². The first-order valence-corrected chi connectivity index (χ1v) is 8.65. The van der Waals surface area contributed by atoms with E-state index in [1.807, 2.05) is 6.07 Å². The second kappa shape index (κ2) is 4.85. The highest BCUT2D eigenvalue weighted by Crippen LogP contribution is 2.31. The molecule has 0 saturated carbocycles. The lowest BCUT2D eigenvalue weighted by molar-refractivity contribution is 0.418. The van der Waals surface area contributed by atoms with Gasteiger partial charge in [0.25, 0.3) is 5.89 Å². The van der Waals surface area contributed by atoms with E-state index in [1.54, 1.807) is 12.1 Å². The van der Waals surface area contributed by atoms with Gasteiger partial charge in [-0.15, -0.1) is 0 Å². The third kappa shape index (κ3) is 2.57. The van der Waals surface area contributed by atoms with Crippen molar-refractivity contribution in [2.24, 2.45) is 0 Å². The van der Waals surface area contributed by atoms with Crippen molar-refractivity contribution in [3.8, 4) is 11.5 Å². The number of sulfone groups is 1. The quantitative estimate of drug-likeness (QED) is 0.825. The fraction of sp³-hybridized carbons (Fsp3) is 0.333. The van der Waals surface area contributed by atoms with Crippen LogP contribution in [0.2, 0.25) is 0 Å². The highest BCUT2D eigenvalue weighted by Gasteiger charge is 2.32. The van der Waals surface area contributed by atoms with Gasteiger partial charge in [0.2, 0.25) is 0 Å². The highest BCUT2D eigenvalue weighted by atomic mass is 79.9. The number of rotatable bonds is 2.